The molecule has 0 amide bonds. The number of nitrogens with one attached hydrogen (secondary N) is 1. The van der Waals surface area contributed by atoms with Crippen LogP contribution in [0.5, 0.6) is 0 Å². The van der Waals surface area contributed by atoms with Crippen molar-refractivity contribution < 1.29 is 35.2 Å². The van der Waals surface area contributed by atoms with Crippen molar-refractivity contribution >= 4 is 21.5 Å². The van der Waals surface area contributed by atoms with E-state index in [9.17, 15) is 35.2 Å². The highest BCUT2D eigenvalue weighted by Gasteiger charge is 2.46. The van der Waals surface area contributed by atoms with Crippen molar-refractivity contribution in [3.63, 3.8) is 0 Å². The van der Waals surface area contributed by atoms with Crippen molar-refractivity contribution in [1.29, 1.82) is 0 Å². The Kier molecular flexibility index (Phi) is 4.37. The summed E-state index contributed by atoms with van der Waals surface area (Å²) in [4.78, 5) is 11.3. The lowest BCUT2D eigenvalue weighted by molar-refractivity contribution is -0.0429. The minimum atomic E-state index is -5.86. The van der Waals surface area contributed by atoms with E-state index in [0.717, 1.165) is 4.72 Å². The van der Waals surface area contributed by atoms with Gasteiger partial charge in [0.1, 0.15) is 11.6 Å². The maximum Gasteiger partial charge on any atom is 0.516 e. The fraction of sp³-hybridized carbons (Fsp3) is 0.300. The number of benzene rings is 1. The van der Waals surface area contributed by atoms with Gasteiger partial charge in [-0.1, -0.05) is 6.92 Å². The van der Waals surface area contributed by atoms with Crippen molar-refractivity contribution in [2.24, 2.45) is 0 Å². The molecule has 10 heteroatoms. The Bertz CT molecular complexity index is 639. The molecule has 0 atom stereocenters. The van der Waals surface area contributed by atoms with Crippen LogP contribution in [-0.2, 0) is 10.0 Å². The number of carbonyl (C=O) groups excluding carboxylic acids is 1. The van der Waals surface area contributed by atoms with Gasteiger partial charge in [0.25, 0.3) is 0 Å². The number of ketones is 1. The molecule has 1 aromatic carbocycles. The highest BCUT2D eigenvalue weighted by Crippen LogP contribution is 2.28. The lowest BCUT2D eigenvalue weighted by atomic mass is 10.1. The molecular formula is C10H8F5NO3S. The van der Waals surface area contributed by atoms with Gasteiger partial charge in [0.2, 0.25) is 0 Å². The minimum Gasteiger partial charge on any atom is -0.294 e. The molecule has 0 saturated heterocycles. The fourth-order valence-electron chi connectivity index (χ4n) is 1.23. The van der Waals surface area contributed by atoms with Crippen LogP contribution in [0.4, 0.5) is 27.6 Å². The Balaban J connectivity index is 3.31. The Hall–Kier alpha value is -1.71. The quantitative estimate of drug-likeness (QED) is 0.686. The van der Waals surface area contributed by atoms with Crippen LogP contribution < -0.4 is 4.72 Å². The molecule has 1 N–H and O–H groups in total. The number of anilines is 1. The topological polar surface area (TPSA) is 63.2 Å². The van der Waals surface area contributed by atoms with Gasteiger partial charge in [-0.3, -0.25) is 9.52 Å². The van der Waals surface area contributed by atoms with Crippen LogP contribution >= 0.6 is 0 Å². The highest BCUT2D eigenvalue weighted by atomic mass is 32.2. The van der Waals surface area contributed by atoms with Gasteiger partial charge >= 0.3 is 15.5 Å². The summed E-state index contributed by atoms with van der Waals surface area (Å²) in [7, 11) is -5.86. The smallest absolute Gasteiger partial charge is 0.294 e. The second kappa shape index (κ2) is 5.35. The lowest BCUT2D eigenvalue weighted by Gasteiger charge is -2.12. The Labute approximate surface area is 110 Å². The molecule has 0 aromatic heterocycles. The molecule has 0 aliphatic heterocycles. The van der Waals surface area contributed by atoms with Gasteiger partial charge in [-0.25, -0.2) is 8.78 Å². The Morgan fingerprint density at radius 2 is 1.75 bits per heavy atom. The fourth-order valence-corrected chi connectivity index (χ4v) is 1.80. The van der Waals surface area contributed by atoms with Gasteiger partial charge in [-0.15, -0.1) is 0 Å². The highest BCUT2D eigenvalue weighted by molar-refractivity contribution is 7.93. The van der Waals surface area contributed by atoms with Crippen molar-refractivity contribution in [3.8, 4) is 0 Å². The molecule has 0 saturated carbocycles. The second-order valence-electron chi connectivity index (χ2n) is 3.64. The van der Waals surface area contributed by atoms with E-state index in [0.29, 0.717) is 6.07 Å². The summed E-state index contributed by atoms with van der Waals surface area (Å²) in [6.45, 7) is 1.35. The summed E-state index contributed by atoms with van der Waals surface area (Å²) in [6, 6.07) is 0.525. The second-order valence-corrected chi connectivity index (χ2v) is 5.31. The molecule has 0 fully saturated rings. The zero-order valence-corrected chi connectivity index (χ0v) is 10.7. The van der Waals surface area contributed by atoms with E-state index in [2.05, 4.69) is 0 Å². The average Bonchev–Trinajstić information content (AvgIpc) is 2.30. The third kappa shape index (κ3) is 3.24. The van der Waals surface area contributed by atoms with Crippen molar-refractivity contribution in [2.75, 3.05) is 4.72 Å². The van der Waals surface area contributed by atoms with Gasteiger partial charge in [-0.2, -0.15) is 21.6 Å². The van der Waals surface area contributed by atoms with E-state index >= 15 is 0 Å². The predicted octanol–water partition coefficient (Wildman–Crippen LogP) is 2.82. The SMILES string of the molecule is CCC(=O)c1cc(NS(=O)(=O)C(F)(F)F)c(F)cc1F. The maximum absolute atomic E-state index is 13.3. The standard InChI is InChI=1S/C10H8F5NO3S/c1-2-9(17)5-3-8(7(12)4-6(5)11)16-20(18,19)10(13,14)15/h3-4,16H,2H2,1H3. The third-order valence-electron chi connectivity index (χ3n) is 2.23. The summed E-state index contributed by atoms with van der Waals surface area (Å²) in [6.07, 6.45) is -0.186. The number of carbonyl (C=O) groups is 1. The number of hydrogen-bond acceptors (Lipinski definition) is 3. The van der Waals surface area contributed by atoms with Crippen molar-refractivity contribution in [2.45, 2.75) is 18.9 Å². The normalized spacial score (nSPS) is 12.3. The molecule has 0 aliphatic rings. The number of sulfonamides is 1. The molecule has 0 aliphatic carbocycles. The summed E-state index contributed by atoms with van der Waals surface area (Å²) in [5.41, 5.74) is -7.52. The van der Waals surface area contributed by atoms with Crippen LogP contribution in [0.1, 0.15) is 23.7 Å². The van der Waals surface area contributed by atoms with Gasteiger partial charge in [-0.05, 0) is 6.07 Å². The minimum absolute atomic E-state index is 0.136. The summed E-state index contributed by atoms with van der Waals surface area (Å²) >= 11 is 0. The molecule has 20 heavy (non-hydrogen) atoms. The summed E-state index contributed by atoms with van der Waals surface area (Å²) in [5, 5.41) is 0. The third-order valence-corrected chi connectivity index (χ3v) is 3.33. The Morgan fingerprint density at radius 1 is 1.20 bits per heavy atom. The van der Waals surface area contributed by atoms with Crippen LogP contribution in [0, 0.1) is 11.6 Å². The van der Waals surface area contributed by atoms with Crippen LogP contribution in [0.2, 0.25) is 0 Å². The molecule has 1 rings (SSSR count). The molecule has 0 unspecified atom stereocenters. The van der Waals surface area contributed by atoms with E-state index in [1.165, 1.54) is 6.92 Å². The van der Waals surface area contributed by atoms with E-state index in [-0.39, 0.29) is 12.5 Å². The number of hydrogen-bond donors (Lipinski definition) is 1. The monoisotopic (exact) mass is 317 g/mol. The first-order chi connectivity index (χ1) is 8.99. The van der Waals surface area contributed by atoms with Crippen molar-refractivity contribution in [1.82, 2.24) is 0 Å². The average molecular weight is 317 g/mol. The van der Waals surface area contributed by atoms with Crippen LogP contribution in [0.3, 0.4) is 0 Å². The zero-order valence-electron chi connectivity index (χ0n) is 9.88. The number of rotatable bonds is 4. The summed E-state index contributed by atoms with van der Waals surface area (Å²) in [5.74, 6) is -3.66. The van der Waals surface area contributed by atoms with E-state index in [1.54, 1.807) is 0 Å². The molecule has 0 bridgehead atoms. The first-order valence-corrected chi connectivity index (χ1v) is 6.59. The van der Waals surface area contributed by atoms with Gasteiger partial charge in [0.05, 0.1) is 11.3 Å². The van der Waals surface area contributed by atoms with Crippen LogP contribution in [0.15, 0.2) is 12.1 Å². The van der Waals surface area contributed by atoms with Gasteiger partial charge < -0.3 is 0 Å². The van der Waals surface area contributed by atoms with E-state index in [1.807, 2.05) is 0 Å². The maximum atomic E-state index is 13.3. The van der Waals surface area contributed by atoms with Crippen LogP contribution in [-0.4, -0.2) is 19.7 Å². The largest absolute Gasteiger partial charge is 0.516 e. The first kappa shape index (κ1) is 16.3. The summed E-state index contributed by atoms with van der Waals surface area (Å²) < 4.78 is 85.6. The molecule has 0 spiro atoms. The van der Waals surface area contributed by atoms with E-state index in [4.69, 9.17) is 0 Å². The van der Waals surface area contributed by atoms with Gasteiger partial charge in [0, 0.05) is 12.5 Å². The molecule has 4 nitrogen and oxygen atoms in total. The van der Waals surface area contributed by atoms with E-state index < -0.39 is 44.2 Å². The molecule has 1 aromatic rings. The van der Waals surface area contributed by atoms with Gasteiger partial charge in [0.15, 0.2) is 5.78 Å². The zero-order chi connectivity index (χ0) is 15.7. The number of halogens is 5. The lowest BCUT2D eigenvalue weighted by Crippen LogP contribution is -2.30. The predicted molar refractivity (Wildman–Crippen MR) is 59.6 cm³/mol. The number of alkyl halides is 3. The first-order valence-electron chi connectivity index (χ1n) is 5.11. The molecule has 0 radical (unpaired) electrons. The molecule has 0 heterocycles. The van der Waals surface area contributed by atoms with Crippen LogP contribution in [0.25, 0.3) is 0 Å². The number of Topliss-reactive ketones (excluding diaryl/α,β-unsaturated/α-hetero) is 1. The van der Waals surface area contributed by atoms with Crippen molar-refractivity contribution in [3.05, 3.63) is 29.3 Å². The molecular weight excluding hydrogens is 309 g/mol. The Morgan fingerprint density at radius 3 is 2.20 bits per heavy atom. The molecule has 112 valence electrons.